The van der Waals surface area contributed by atoms with Crippen LogP contribution >= 0.6 is 11.6 Å². The second-order valence-electron chi connectivity index (χ2n) is 5.08. The molecule has 0 saturated carbocycles. The highest BCUT2D eigenvalue weighted by molar-refractivity contribution is 6.45. The van der Waals surface area contributed by atoms with Crippen LogP contribution in [-0.4, -0.2) is 28.9 Å². The Bertz CT molecular complexity index is 669. The highest BCUT2D eigenvalue weighted by atomic mass is 35.5. The highest BCUT2D eigenvalue weighted by Crippen LogP contribution is 2.20. The molecule has 3 nitrogen and oxygen atoms in total. The van der Waals surface area contributed by atoms with E-state index >= 15 is 0 Å². The average molecular weight is 277 g/mol. The zero-order valence-corrected chi connectivity index (χ0v) is 11.8. The molecule has 4 heteroatoms. The topological polar surface area (TPSA) is 36.1 Å². The molecule has 100 valence electrons. The minimum Gasteiger partial charge on any atom is -0.360 e. The summed E-state index contributed by atoms with van der Waals surface area (Å²) in [6.07, 6.45) is 9.30. The Morgan fingerprint density at radius 3 is 2.89 bits per heavy atom. The van der Waals surface area contributed by atoms with Gasteiger partial charge in [-0.3, -0.25) is 4.79 Å². The van der Waals surface area contributed by atoms with Gasteiger partial charge in [-0.05, 0) is 24.8 Å². The quantitative estimate of drug-likeness (QED) is 0.831. The van der Waals surface area contributed by atoms with E-state index in [9.17, 15) is 4.79 Å². The van der Waals surface area contributed by atoms with Gasteiger partial charge in [-0.25, -0.2) is 0 Å². The molecule has 0 unspecified atom stereocenters. The van der Waals surface area contributed by atoms with Crippen LogP contribution in [0.3, 0.4) is 0 Å². The van der Waals surface area contributed by atoms with Crippen molar-refractivity contribution in [3.8, 4) is 0 Å². The Hall–Kier alpha value is -1.48. The maximum atomic E-state index is 11.3. The number of hydrogen-bond donors (Lipinski definition) is 1. The van der Waals surface area contributed by atoms with Crippen LogP contribution in [0.2, 0.25) is 0 Å². The first-order chi connectivity index (χ1) is 9.16. The fourth-order valence-corrected chi connectivity index (χ4v) is 3.07. The Kier molecular flexibility index (Phi) is 3.23. The van der Waals surface area contributed by atoms with E-state index in [2.05, 4.69) is 17.1 Å². The van der Waals surface area contributed by atoms with Gasteiger partial charge in [0.05, 0.1) is 5.35 Å². The highest BCUT2D eigenvalue weighted by Gasteiger charge is 2.17. The predicted molar refractivity (Wildman–Crippen MR) is 77.9 cm³/mol. The summed E-state index contributed by atoms with van der Waals surface area (Å²) in [6, 6.07) is 0. The lowest BCUT2D eigenvalue weighted by Crippen LogP contribution is -2.34. The van der Waals surface area contributed by atoms with E-state index in [1.165, 1.54) is 16.4 Å². The van der Waals surface area contributed by atoms with Crippen molar-refractivity contribution in [1.82, 2.24) is 9.88 Å². The van der Waals surface area contributed by atoms with Crippen molar-refractivity contribution in [1.29, 1.82) is 0 Å². The number of carbonyl (C=O) groups is 1. The number of fused-ring (bicyclic) bond motifs is 1. The summed E-state index contributed by atoms with van der Waals surface area (Å²) < 4.78 is 0. The van der Waals surface area contributed by atoms with Gasteiger partial charge in [-0.15, -0.1) is 0 Å². The lowest BCUT2D eigenvalue weighted by molar-refractivity contribution is -0.128. The number of aromatic amines is 1. The first kappa shape index (κ1) is 12.5. The molecule has 0 fully saturated rings. The molecule has 2 heterocycles. The summed E-state index contributed by atoms with van der Waals surface area (Å²) in [5.41, 5.74) is 2.56. The van der Waals surface area contributed by atoms with E-state index in [0.717, 1.165) is 36.2 Å². The molecule has 1 aromatic heterocycles. The van der Waals surface area contributed by atoms with Crippen LogP contribution in [0.25, 0.3) is 16.7 Å². The lowest BCUT2D eigenvalue weighted by Gasteiger charge is -2.25. The molecule has 1 N–H and O–H groups in total. The second-order valence-corrected chi connectivity index (χ2v) is 5.54. The van der Waals surface area contributed by atoms with Gasteiger partial charge in [0.25, 0.3) is 0 Å². The van der Waals surface area contributed by atoms with E-state index in [4.69, 9.17) is 11.6 Å². The van der Waals surface area contributed by atoms with Gasteiger partial charge in [0.15, 0.2) is 0 Å². The minimum atomic E-state index is 0.148. The summed E-state index contributed by atoms with van der Waals surface area (Å²) in [7, 11) is 0. The average Bonchev–Trinajstić information content (AvgIpc) is 2.84. The number of carbonyl (C=O) groups excluding carboxylic acids is 1. The number of nitrogens with one attached hydrogen (secondary N) is 1. The standard InChI is InChI=1S/C15H17ClN2O/c1-10(19)18-7-5-11(6-8-18)13-9-17-15-12(13)3-2-4-14(15)16/h3,5,9,17H,2,4,6-8H2,1H3. The van der Waals surface area contributed by atoms with E-state index in [1.807, 2.05) is 11.1 Å². The smallest absolute Gasteiger partial charge is 0.219 e. The molecule has 0 saturated heterocycles. The van der Waals surface area contributed by atoms with E-state index in [-0.39, 0.29) is 5.91 Å². The predicted octanol–water partition coefficient (Wildman–Crippen LogP) is 1.57. The first-order valence-corrected chi connectivity index (χ1v) is 7.06. The third kappa shape index (κ3) is 2.23. The maximum absolute atomic E-state index is 11.3. The van der Waals surface area contributed by atoms with Crippen molar-refractivity contribution in [3.63, 3.8) is 0 Å². The Labute approximate surface area is 117 Å². The van der Waals surface area contributed by atoms with E-state index < -0.39 is 0 Å². The van der Waals surface area contributed by atoms with Gasteiger partial charge < -0.3 is 9.88 Å². The number of nitrogens with zero attached hydrogens (tertiary/aromatic N) is 1. The molecule has 0 radical (unpaired) electrons. The van der Waals surface area contributed by atoms with Gasteiger partial charge in [0.2, 0.25) is 5.91 Å². The van der Waals surface area contributed by atoms with Gasteiger partial charge in [0.1, 0.15) is 0 Å². The number of aromatic nitrogens is 1. The zero-order chi connectivity index (χ0) is 13.4. The normalized spacial score (nSPS) is 18.7. The molecule has 2 aliphatic rings. The maximum Gasteiger partial charge on any atom is 0.219 e. The van der Waals surface area contributed by atoms with Crippen LogP contribution in [0.4, 0.5) is 0 Å². The number of amides is 1. The molecule has 19 heavy (non-hydrogen) atoms. The molecule has 0 spiro atoms. The monoisotopic (exact) mass is 276 g/mol. The lowest BCUT2D eigenvalue weighted by atomic mass is 9.99. The van der Waals surface area contributed by atoms with Gasteiger partial charge in [-0.2, -0.15) is 0 Å². The fourth-order valence-electron chi connectivity index (χ4n) is 2.80. The Morgan fingerprint density at radius 1 is 1.37 bits per heavy atom. The molecule has 0 atom stereocenters. The molecule has 1 aliphatic heterocycles. The molecular weight excluding hydrogens is 260 g/mol. The number of halogens is 1. The van der Waals surface area contributed by atoms with Crippen LogP contribution in [0, 0.1) is 0 Å². The van der Waals surface area contributed by atoms with Crippen molar-refractivity contribution in [2.45, 2.75) is 26.2 Å². The molecule has 0 bridgehead atoms. The van der Waals surface area contributed by atoms with Crippen LogP contribution in [-0.2, 0) is 4.79 Å². The Balaban J connectivity index is 1.98. The van der Waals surface area contributed by atoms with Crippen LogP contribution in [0.15, 0.2) is 12.3 Å². The third-order valence-electron chi connectivity index (χ3n) is 3.90. The number of rotatable bonds is 1. The molecule has 0 aromatic carbocycles. The molecule has 1 aromatic rings. The summed E-state index contributed by atoms with van der Waals surface area (Å²) in [6.45, 7) is 3.14. The Morgan fingerprint density at radius 2 is 2.21 bits per heavy atom. The van der Waals surface area contributed by atoms with Crippen molar-refractivity contribution in [3.05, 3.63) is 28.4 Å². The SMILES string of the molecule is CC(=O)N1CC=C(c2c[nH]c3c2=CCCC=3Cl)CC1. The van der Waals surface area contributed by atoms with Crippen LogP contribution in [0.1, 0.15) is 31.7 Å². The molecule has 1 amide bonds. The molecular formula is C15H17ClN2O. The van der Waals surface area contributed by atoms with Gasteiger partial charge in [0, 0.05) is 42.0 Å². The summed E-state index contributed by atoms with van der Waals surface area (Å²) >= 11 is 6.26. The summed E-state index contributed by atoms with van der Waals surface area (Å²) in [4.78, 5) is 16.5. The second kappa shape index (κ2) is 4.89. The number of H-pyrrole nitrogens is 1. The molecule has 1 aliphatic carbocycles. The largest absolute Gasteiger partial charge is 0.360 e. The van der Waals surface area contributed by atoms with Crippen LogP contribution in [0.5, 0.6) is 0 Å². The first-order valence-electron chi connectivity index (χ1n) is 6.68. The van der Waals surface area contributed by atoms with Gasteiger partial charge >= 0.3 is 0 Å². The van der Waals surface area contributed by atoms with E-state index in [1.54, 1.807) is 6.92 Å². The van der Waals surface area contributed by atoms with Crippen molar-refractivity contribution >= 4 is 34.2 Å². The number of hydrogen-bond acceptors (Lipinski definition) is 1. The fraction of sp³-hybridized carbons (Fsp3) is 0.400. The summed E-state index contributed by atoms with van der Waals surface area (Å²) in [5.74, 6) is 0.148. The summed E-state index contributed by atoms with van der Waals surface area (Å²) in [5, 5.41) is 3.22. The van der Waals surface area contributed by atoms with Crippen molar-refractivity contribution in [2.24, 2.45) is 0 Å². The van der Waals surface area contributed by atoms with Crippen molar-refractivity contribution in [2.75, 3.05) is 13.1 Å². The van der Waals surface area contributed by atoms with E-state index in [0.29, 0.717) is 6.54 Å². The van der Waals surface area contributed by atoms with Crippen LogP contribution < -0.4 is 10.6 Å². The molecule has 3 rings (SSSR count). The minimum absolute atomic E-state index is 0.148. The van der Waals surface area contributed by atoms with Crippen molar-refractivity contribution < 1.29 is 4.79 Å². The third-order valence-corrected chi connectivity index (χ3v) is 4.28. The van der Waals surface area contributed by atoms with Gasteiger partial charge in [-0.1, -0.05) is 23.8 Å². The zero-order valence-electron chi connectivity index (χ0n) is 11.0.